The summed E-state index contributed by atoms with van der Waals surface area (Å²) >= 11 is 0. The zero-order valence-corrected chi connectivity index (χ0v) is 10.3. The minimum absolute atomic E-state index is 0.0212. The first-order chi connectivity index (χ1) is 8.23. The van der Waals surface area contributed by atoms with Crippen LogP contribution in [0.25, 0.3) is 0 Å². The van der Waals surface area contributed by atoms with Gasteiger partial charge in [-0.1, -0.05) is 6.08 Å². The molecule has 1 aliphatic carbocycles. The van der Waals surface area contributed by atoms with Gasteiger partial charge >= 0.3 is 31.1 Å². The van der Waals surface area contributed by atoms with Gasteiger partial charge in [0.15, 0.2) is 0 Å². The number of rotatable bonds is 3. The van der Waals surface area contributed by atoms with E-state index in [1.54, 1.807) is 0 Å². The van der Waals surface area contributed by atoms with E-state index in [9.17, 15) is 43.2 Å². The minimum Gasteiger partial charge on any atom is -0.196 e. The van der Waals surface area contributed by atoms with Crippen LogP contribution in [-0.4, -0.2) is 31.6 Å². The highest BCUT2D eigenvalue weighted by Crippen LogP contribution is 2.40. The van der Waals surface area contributed by atoms with Crippen molar-refractivity contribution in [2.75, 3.05) is 0 Å². The fourth-order valence-corrected chi connectivity index (χ4v) is 3.93. The molecule has 0 radical (unpaired) electrons. The maximum absolute atomic E-state index is 12.2. The Labute approximate surface area is 103 Å². The molecular formula is C6H5F6NO4S2. The largest absolute Gasteiger partial charge is 0.517 e. The van der Waals surface area contributed by atoms with Crippen molar-refractivity contribution < 1.29 is 43.2 Å². The average Bonchev–Trinajstić information content (AvgIpc) is 2.06. The first-order valence-corrected chi connectivity index (χ1v) is 7.23. The topological polar surface area (TPSA) is 71.5 Å². The summed E-state index contributed by atoms with van der Waals surface area (Å²) in [5.41, 5.74) is -13.4. The van der Waals surface area contributed by atoms with E-state index in [0.29, 0.717) is 6.08 Å². The number of allylic oxidation sites excluding steroid dienone is 2. The van der Waals surface area contributed by atoms with Crippen LogP contribution in [0.15, 0.2) is 11.8 Å². The molecule has 13 heteroatoms. The third-order valence-electron chi connectivity index (χ3n) is 2.04. The summed E-state index contributed by atoms with van der Waals surface area (Å²) in [6.07, 6.45) is 0.115. The van der Waals surface area contributed by atoms with Crippen molar-refractivity contribution in [1.29, 1.82) is 0 Å². The highest BCUT2D eigenvalue weighted by Gasteiger charge is 2.62. The van der Waals surface area contributed by atoms with Crippen LogP contribution in [0.4, 0.5) is 26.3 Å². The van der Waals surface area contributed by atoms with E-state index >= 15 is 0 Å². The van der Waals surface area contributed by atoms with Crippen molar-refractivity contribution in [1.82, 2.24) is 3.71 Å². The number of alkyl halides is 6. The summed E-state index contributed by atoms with van der Waals surface area (Å²) in [5, 5.41) is 0. The number of sulfonamides is 2. The van der Waals surface area contributed by atoms with Crippen LogP contribution >= 0.6 is 0 Å². The molecule has 0 N–H and O–H groups in total. The quantitative estimate of drug-likeness (QED) is 0.737. The molecule has 0 aromatic carbocycles. The zero-order valence-electron chi connectivity index (χ0n) is 8.66. The molecule has 0 unspecified atom stereocenters. The van der Waals surface area contributed by atoms with Crippen molar-refractivity contribution in [2.24, 2.45) is 0 Å². The van der Waals surface area contributed by atoms with Crippen LogP contribution in [0.1, 0.15) is 12.8 Å². The summed E-state index contributed by atoms with van der Waals surface area (Å²) in [7, 11) is -13.4. The first-order valence-electron chi connectivity index (χ1n) is 4.35. The van der Waals surface area contributed by atoms with Crippen molar-refractivity contribution in [3.63, 3.8) is 0 Å². The molecule has 0 amide bonds. The van der Waals surface area contributed by atoms with Gasteiger partial charge in [-0.2, -0.15) is 46.9 Å². The standard InChI is InChI=1S/C6H5F6NO4S2/c7-5(8,9)18(14,15)13(4-2-1-3-4)19(16,17)6(10,11)12/h2H,1,3H2. The summed E-state index contributed by atoms with van der Waals surface area (Å²) in [4.78, 5) is 0. The zero-order chi connectivity index (χ0) is 15.3. The van der Waals surface area contributed by atoms with E-state index in [2.05, 4.69) is 0 Å². The van der Waals surface area contributed by atoms with Crippen LogP contribution in [-0.2, 0) is 20.0 Å². The summed E-state index contributed by atoms with van der Waals surface area (Å²) in [6, 6.07) is 0. The van der Waals surface area contributed by atoms with Gasteiger partial charge in [0.2, 0.25) is 0 Å². The molecule has 0 heterocycles. The Morgan fingerprint density at radius 2 is 1.21 bits per heavy atom. The van der Waals surface area contributed by atoms with Gasteiger partial charge in [-0.15, -0.1) is 0 Å². The highest BCUT2D eigenvalue weighted by molar-refractivity contribution is 8.05. The third-order valence-corrected chi connectivity index (χ3v) is 5.73. The molecular weight excluding hydrogens is 328 g/mol. The second-order valence-corrected chi connectivity index (χ2v) is 7.12. The van der Waals surface area contributed by atoms with Gasteiger partial charge < -0.3 is 0 Å². The molecule has 0 aromatic rings. The third kappa shape index (κ3) is 2.52. The Balaban J connectivity index is 3.52. The summed E-state index contributed by atoms with van der Waals surface area (Å²) < 4.78 is 116. The van der Waals surface area contributed by atoms with Crippen molar-refractivity contribution >= 4 is 20.0 Å². The lowest BCUT2D eigenvalue weighted by atomic mass is 10.1. The van der Waals surface area contributed by atoms with Crippen LogP contribution in [0.3, 0.4) is 0 Å². The Bertz CT molecular complexity index is 555. The Morgan fingerprint density at radius 1 is 0.895 bits per heavy atom. The van der Waals surface area contributed by atoms with E-state index in [0.717, 1.165) is 0 Å². The fraction of sp³-hybridized carbons (Fsp3) is 0.667. The fourth-order valence-electron chi connectivity index (χ4n) is 1.07. The Hall–Kier alpha value is -0.980. The molecule has 0 spiro atoms. The van der Waals surface area contributed by atoms with Crippen LogP contribution in [0.5, 0.6) is 0 Å². The van der Waals surface area contributed by atoms with Gasteiger partial charge in [0.1, 0.15) is 0 Å². The number of nitrogens with zero attached hydrogens (tertiary/aromatic N) is 1. The predicted octanol–water partition coefficient (Wildman–Crippen LogP) is 1.67. The first kappa shape index (κ1) is 16.1. The lowest BCUT2D eigenvalue weighted by Crippen LogP contribution is -2.49. The Kier molecular flexibility index (Phi) is 3.60. The lowest BCUT2D eigenvalue weighted by Gasteiger charge is -2.30. The number of halogens is 6. The van der Waals surface area contributed by atoms with E-state index in [-0.39, 0.29) is 6.42 Å². The molecule has 0 bridgehead atoms. The van der Waals surface area contributed by atoms with Gasteiger partial charge in [-0.25, -0.2) is 0 Å². The molecule has 0 saturated heterocycles. The van der Waals surface area contributed by atoms with Gasteiger partial charge in [-0.3, -0.25) is 0 Å². The smallest absolute Gasteiger partial charge is 0.196 e. The molecule has 5 nitrogen and oxygen atoms in total. The maximum atomic E-state index is 12.2. The highest BCUT2D eigenvalue weighted by atomic mass is 32.3. The monoisotopic (exact) mass is 333 g/mol. The molecule has 1 rings (SSSR count). The van der Waals surface area contributed by atoms with Crippen molar-refractivity contribution in [3.8, 4) is 0 Å². The van der Waals surface area contributed by atoms with Crippen LogP contribution in [0, 0.1) is 0 Å². The molecule has 112 valence electrons. The van der Waals surface area contributed by atoms with Crippen molar-refractivity contribution in [3.05, 3.63) is 11.8 Å². The maximum Gasteiger partial charge on any atom is 0.517 e. The van der Waals surface area contributed by atoms with Gasteiger partial charge in [0, 0.05) is 5.70 Å². The number of hydrogen-bond acceptors (Lipinski definition) is 4. The van der Waals surface area contributed by atoms with Gasteiger partial charge in [0.05, 0.1) is 0 Å². The van der Waals surface area contributed by atoms with Gasteiger partial charge in [-0.05, 0) is 12.8 Å². The minimum atomic E-state index is -6.68. The molecule has 0 aromatic heterocycles. The van der Waals surface area contributed by atoms with E-state index < -0.39 is 46.9 Å². The molecule has 19 heavy (non-hydrogen) atoms. The molecule has 0 aliphatic heterocycles. The molecule has 0 fully saturated rings. The molecule has 1 aliphatic rings. The van der Waals surface area contributed by atoms with Crippen LogP contribution < -0.4 is 0 Å². The van der Waals surface area contributed by atoms with E-state index in [1.807, 2.05) is 0 Å². The average molecular weight is 333 g/mol. The van der Waals surface area contributed by atoms with Crippen LogP contribution in [0.2, 0.25) is 0 Å². The molecule has 0 saturated carbocycles. The second-order valence-electron chi connectivity index (χ2n) is 3.33. The predicted molar refractivity (Wildman–Crippen MR) is 49.1 cm³/mol. The lowest BCUT2D eigenvalue weighted by molar-refractivity contribution is -0.0522. The Morgan fingerprint density at radius 3 is 1.37 bits per heavy atom. The summed E-state index contributed by atoms with van der Waals surface area (Å²) in [5.74, 6) is 0. The van der Waals surface area contributed by atoms with Crippen molar-refractivity contribution in [2.45, 2.75) is 23.9 Å². The van der Waals surface area contributed by atoms with Gasteiger partial charge in [0.25, 0.3) is 0 Å². The van der Waals surface area contributed by atoms with E-state index in [4.69, 9.17) is 0 Å². The second kappa shape index (κ2) is 4.26. The number of hydrogen-bond donors (Lipinski definition) is 0. The summed E-state index contributed by atoms with van der Waals surface area (Å²) in [6.45, 7) is 0. The normalized spacial score (nSPS) is 17.7. The van der Waals surface area contributed by atoms with E-state index in [1.165, 1.54) is 0 Å². The SMILES string of the molecule is O=S(=O)(N(C1=CCC1)S(=O)(=O)C(F)(F)F)C(F)(F)F. The molecule has 0 atom stereocenters.